The maximum Gasteiger partial charge on any atom is 0.231 e. The summed E-state index contributed by atoms with van der Waals surface area (Å²) in [5.74, 6) is -0.540. The highest BCUT2D eigenvalue weighted by molar-refractivity contribution is 7.15. The summed E-state index contributed by atoms with van der Waals surface area (Å²) >= 11 is 1.30. The van der Waals surface area contributed by atoms with Gasteiger partial charge in [0.05, 0.1) is 13.0 Å². The Morgan fingerprint density at radius 2 is 1.93 bits per heavy atom. The lowest BCUT2D eigenvalue weighted by Crippen LogP contribution is -2.28. The Kier molecular flexibility index (Phi) is 5.71. The third kappa shape index (κ3) is 4.46. The zero-order valence-electron chi connectivity index (χ0n) is 16.2. The molecule has 1 fully saturated rings. The van der Waals surface area contributed by atoms with Crippen molar-refractivity contribution < 1.29 is 18.7 Å². The number of nitrogens with zero attached hydrogens (tertiary/aromatic N) is 3. The van der Waals surface area contributed by atoms with Crippen LogP contribution >= 0.6 is 11.3 Å². The van der Waals surface area contributed by atoms with Crippen molar-refractivity contribution in [1.82, 2.24) is 10.2 Å². The van der Waals surface area contributed by atoms with E-state index in [0.29, 0.717) is 17.2 Å². The summed E-state index contributed by atoms with van der Waals surface area (Å²) in [7, 11) is 1.62. The van der Waals surface area contributed by atoms with Crippen LogP contribution in [0.4, 0.5) is 15.2 Å². The van der Waals surface area contributed by atoms with Gasteiger partial charge in [0.25, 0.3) is 0 Å². The van der Waals surface area contributed by atoms with Crippen molar-refractivity contribution in [2.75, 3.05) is 23.9 Å². The highest BCUT2D eigenvalue weighted by atomic mass is 32.1. The van der Waals surface area contributed by atoms with Crippen molar-refractivity contribution in [2.24, 2.45) is 5.92 Å². The Labute approximate surface area is 176 Å². The molecule has 0 aliphatic carbocycles. The number of rotatable bonds is 6. The Bertz CT molecular complexity index is 1050. The molecule has 2 aromatic carbocycles. The van der Waals surface area contributed by atoms with Crippen LogP contribution in [0.1, 0.15) is 17.0 Å². The van der Waals surface area contributed by atoms with E-state index in [1.54, 1.807) is 7.11 Å². The lowest BCUT2D eigenvalue weighted by Gasteiger charge is -2.16. The van der Waals surface area contributed by atoms with E-state index in [-0.39, 0.29) is 30.6 Å². The van der Waals surface area contributed by atoms with Crippen molar-refractivity contribution >= 4 is 34.0 Å². The Morgan fingerprint density at radius 1 is 1.20 bits per heavy atom. The first-order chi connectivity index (χ1) is 14.5. The zero-order chi connectivity index (χ0) is 21.1. The zero-order valence-corrected chi connectivity index (χ0v) is 17.0. The van der Waals surface area contributed by atoms with Gasteiger partial charge in [-0.25, -0.2) is 4.39 Å². The number of carbonyl (C=O) groups is 2. The summed E-state index contributed by atoms with van der Waals surface area (Å²) in [5, 5.41) is 12.1. The molecule has 30 heavy (non-hydrogen) atoms. The van der Waals surface area contributed by atoms with E-state index in [2.05, 4.69) is 15.5 Å². The average Bonchev–Trinajstić information content (AvgIpc) is 3.35. The smallest absolute Gasteiger partial charge is 0.231 e. The van der Waals surface area contributed by atoms with Crippen LogP contribution < -0.4 is 15.0 Å². The fraction of sp³-hybridized carbons (Fsp3) is 0.238. The molecule has 0 bridgehead atoms. The highest BCUT2D eigenvalue weighted by Gasteiger charge is 2.35. The maximum atomic E-state index is 13.1. The Hall–Kier alpha value is -3.33. The first-order valence-corrected chi connectivity index (χ1v) is 10.2. The molecule has 0 spiro atoms. The second-order valence-corrected chi connectivity index (χ2v) is 7.96. The SMILES string of the molecule is COc1ccc(Cc2nnc(NC(=O)C3CC(=O)N(c4ccc(F)cc4)C3)s2)cc1. The molecule has 2 heterocycles. The van der Waals surface area contributed by atoms with Crippen molar-refractivity contribution in [2.45, 2.75) is 12.8 Å². The number of benzene rings is 2. The topological polar surface area (TPSA) is 84.4 Å². The number of nitrogens with one attached hydrogen (secondary N) is 1. The lowest BCUT2D eigenvalue weighted by atomic mass is 10.1. The van der Waals surface area contributed by atoms with Gasteiger partial charge in [0, 0.05) is 25.1 Å². The van der Waals surface area contributed by atoms with Crippen molar-refractivity contribution in [1.29, 1.82) is 0 Å². The monoisotopic (exact) mass is 426 g/mol. The van der Waals surface area contributed by atoms with E-state index >= 15 is 0 Å². The van der Waals surface area contributed by atoms with Gasteiger partial charge in [-0.2, -0.15) is 0 Å². The fourth-order valence-corrected chi connectivity index (χ4v) is 4.03. The molecule has 9 heteroatoms. The third-order valence-corrected chi connectivity index (χ3v) is 5.68. The second-order valence-electron chi connectivity index (χ2n) is 6.90. The summed E-state index contributed by atoms with van der Waals surface area (Å²) < 4.78 is 18.3. The number of carbonyl (C=O) groups excluding carboxylic acids is 2. The van der Waals surface area contributed by atoms with Gasteiger partial charge in [-0.05, 0) is 42.0 Å². The minimum absolute atomic E-state index is 0.0979. The lowest BCUT2D eigenvalue weighted by molar-refractivity contribution is -0.122. The molecule has 1 unspecified atom stereocenters. The predicted octanol–water partition coefficient (Wildman–Crippen LogP) is 3.27. The van der Waals surface area contributed by atoms with E-state index in [1.807, 2.05) is 24.3 Å². The molecule has 1 N–H and O–H groups in total. The number of aromatic nitrogens is 2. The molecular formula is C21H19FN4O3S. The molecule has 2 amide bonds. The van der Waals surface area contributed by atoms with E-state index in [1.165, 1.54) is 40.5 Å². The van der Waals surface area contributed by atoms with E-state index in [0.717, 1.165) is 16.3 Å². The predicted molar refractivity (Wildman–Crippen MR) is 111 cm³/mol. The molecule has 0 saturated carbocycles. The number of halogens is 1. The molecule has 3 aromatic rings. The molecule has 1 aliphatic rings. The van der Waals surface area contributed by atoms with Gasteiger partial charge in [-0.1, -0.05) is 23.5 Å². The number of hydrogen-bond acceptors (Lipinski definition) is 6. The average molecular weight is 426 g/mol. The number of ether oxygens (including phenoxy) is 1. The van der Waals surface area contributed by atoms with Crippen molar-refractivity contribution in [3.63, 3.8) is 0 Å². The van der Waals surface area contributed by atoms with Crippen LogP contribution in [0.5, 0.6) is 5.75 Å². The van der Waals surface area contributed by atoms with Crippen LogP contribution in [0.25, 0.3) is 0 Å². The largest absolute Gasteiger partial charge is 0.497 e. The van der Waals surface area contributed by atoms with Crippen LogP contribution in [-0.2, 0) is 16.0 Å². The summed E-state index contributed by atoms with van der Waals surface area (Å²) in [5.41, 5.74) is 1.63. The molecule has 1 saturated heterocycles. The molecule has 0 radical (unpaired) electrons. The minimum Gasteiger partial charge on any atom is -0.497 e. The first kappa shape index (κ1) is 20.0. The molecule has 4 rings (SSSR count). The van der Waals surface area contributed by atoms with Crippen LogP contribution in [0, 0.1) is 11.7 Å². The van der Waals surface area contributed by atoms with Crippen molar-refractivity contribution in [3.8, 4) is 5.75 Å². The standard InChI is InChI=1S/C21H19FN4O3S/c1-29-17-8-2-13(3-9-17)10-18-24-25-21(30-18)23-20(28)14-11-19(27)26(12-14)16-6-4-15(22)5-7-16/h2-9,14H,10-12H2,1H3,(H,23,25,28). The van der Waals surface area contributed by atoms with E-state index < -0.39 is 5.92 Å². The fourth-order valence-electron chi connectivity index (χ4n) is 3.25. The van der Waals surface area contributed by atoms with Gasteiger partial charge in [0.15, 0.2) is 0 Å². The van der Waals surface area contributed by atoms with Gasteiger partial charge in [0.2, 0.25) is 16.9 Å². The summed E-state index contributed by atoms with van der Waals surface area (Å²) in [6.07, 6.45) is 0.693. The molecule has 1 aromatic heterocycles. The van der Waals surface area contributed by atoms with Crippen LogP contribution in [0.2, 0.25) is 0 Å². The summed E-state index contributed by atoms with van der Waals surface area (Å²) in [4.78, 5) is 26.4. The molecule has 154 valence electrons. The Morgan fingerprint density at radius 3 is 2.63 bits per heavy atom. The molecule has 1 atom stereocenters. The first-order valence-electron chi connectivity index (χ1n) is 9.34. The maximum absolute atomic E-state index is 13.1. The number of amides is 2. The van der Waals surface area contributed by atoms with Gasteiger partial charge in [0.1, 0.15) is 16.6 Å². The van der Waals surface area contributed by atoms with Crippen LogP contribution in [0.15, 0.2) is 48.5 Å². The van der Waals surface area contributed by atoms with Gasteiger partial charge in [-0.3, -0.25) is 9.59 Å². The quantitative estimate of drug-likeness (QED) is 0.654. The van der Waals surface area contributed by atoms with Gasteiger partial charge < -0.3 is 15.0 Å². The number of hydrogen-bond donors (Lipinski definition) is 1. The van der Waals surface area contributed by atoms with Gasteiger partial charge >= 0.3 is 0 Å². The summed E-state index contributed by atoms with van der Waals surface area (Å²) in [6, 6.07) is 13.3. The van der Waals surface area contributed by atoms with E-state index in [4.69, 9.17) is 4.74 Å². The van der Waals surface area contributed by atoms with Crippen molar-refractivity contribution in [3.05, 3.63) is 64.9 Å². The van der Waals surface area contributed by atoms with Crippen LogP contribution in [-0.4, -0.2) is 35.7 Å². The molecular weight excluding hydrogens is 407 g/mol. The Balaban J connectivity index is 1.36. The third-order valence-electron chi connectivity index (χ3n) is 4.85. The normalized spacial score (nSPS) is 16.0. The highest BCUT2D eigenvalue weighted by Crippen LogP contribution is 2.27. The minimum atomic E-state index is -0.503. The molecule has 7 nitrogen and oxygen atoms in total. The van der Waals surface area contributed by atoms with Crippen LogP contribution in [0.3, 0.4) is 0 Å². The van der Waals surface area contributed by atoms with E-state index in [9.17, 15) is 14.0 Å². The number of anilines is 2. The number of methoxy groups -OCH3 is 1. The van der Waals surface area contributed by atoms with Gasteiger partial charge in [-0.15, -0.1) is 10.2 Å². The second kappa shape index (κ2) is 8.58. The summed E-state index contributed by atoms with van der Waals surface area (Å²) in [6.45, 7) is 0.244. The molecule has 1 aliphatic heterocycles.